The second kappa shape index (κ2) is 8.16. The highest BCUT2D eigenvalue weighted by Crippen LogP contribution is 2.11. The van der Waals surface area contributed by atoms with Crippen molar-refractivity contribution in [1.82, 2.24) is 5.32 Å². The molecule has 0 radical (unpaired) electrons. The van der Waals surface area contributed by atoms with E-state index < -0.39 is 18.1 Å². The van der Waals surface area contributed by atoms with Gasteiger partial charge in [-0.15, -0.1) is 0 Å². The van der Waals surface area contributed by atoms with Gasteiger partial charge in [-0.2, -0.15) is 0 Å². The van der Waals surface area contributed by atoms with Crippen LogP contribution in [0.4, 0.5) is 10.5 Å². The zero-order chi connectivity index (χ0) is 15.0. The molecule has 1 atom stereocenters. The van der Waals surface area contributed by atoms with Crippen LogP contribution in [0.3, 0.4) is 0 Å². The lowest BCUT2D eigenvalue weighted by Crippen LogP contribution is -2.38. The van der Waals surface area contributed by atoms with Gasteiger partial charge >= 0.3 is 12.0 Å². The second-order valence-corrected chi connectivity index (χ2v) is 4.49. The van der Waals surface area contributed by atoms with E-state index in [1.807, 2.05) is 12.1 Å². The first-order valence-electron chi connectivity index (χ1n) is 6.57. The molecule has 1 aromatic carbocycles. The van der Waals surface area contributed by atoms with Crippen molar-refractivity contribution in [2.75, 3.05) is 11.9 Å². The fourth-order valence-corrected chi connectivity index (χ4v) is 1.59. The highest BCUT2D eigenvalue weighted by Gasteiger charge is 2.13. The number of hydrogen-bond donors (Lipinski definition) is 4. The number of aliphatic hydroxyl groups is 1. The summed E-state index contributed by atoms with van der Waals surface area (Å²) in [5, 5.41) is 22.3. The summed E-state index contributed by atoms with van der Waals surface area (Å²) in [6.07, 6.45) is 1.67. The van der Waals surface area contributed by atoms with E-state index in [0.29, 0.717) is 5.69 Å². The van der Waals surface area contributed by atoms with E-state index in [-0.39, 0.29) is 6.54 Å². The molecule has 0 spiro atoms. The molecule has 1 aromatic rings. The molecule has 0 bridgehead atoms. The van der Waals surface area contributed by atoms with Gasteiger partial charge in [-0.25, -0.2) is 9.59 Å². The number of unbranched alkanes of at least 4 members (excludes halogenated alkanes) is 1. The molecule has 110 valence electrons. The molecule has 0 heterocycles. The van der Waals surface area contributed by atoms with Crippen molar-refractivity contribution in [2.45, 2.75) is 32.3 Å². The van der Waals surface area contributed by atoms with Gasteiger partial charge in [-0.05, 0) is 30.5 Å². The highest BCUT2D eigenvalue weighted by molar-refractivity contribution is 5.89. The molecule has 0 aromatic heterocycles. The number of anilines is 1. The Morgan fingerprint density at radius 2 is 1.90 bits per heavy atom. The van der Waals surface area contributed by atoms with Gasteiger partial charge in [0, 0.05) is 5.69 Å². The lowest BCUT2D eigenvalue weighted by atomic mass is 10.1. The smallest absolute Gasteiger partial charge is 0.334 e. The van der Waals surface area contributed by atoms with Gasteiger partial charge in [0.2, 0.25) is 0 Å². The first kappa shape index (κ1) is 16.0. The van der Waals surface area contributed by atoms with Crippen LogP contribution in [0.25, 0.3) is 0 Å². The number of aliphatic carboxylic acids is 1. The minimum atomic E-state index is -1.60. The van der Waals surface area contributed by atoms with Crippen LogP contribution in [0, 0.1) is 0 Å². The molecule has 4 N–H and O–H groups in total. The predicted molar refractivity (Wildman–Crippen MR) is 75.7 cm³/mol. The van der Waals surface area contributed by atoms with Crippen LogP contribution in [0.15, 0.2) is 24.3 Å². The number of urea groups is 1. The van der Waals surface area contributed by atoms with Gasteiger partial charge in [0.05, 0.1) is 6.54 Å². The lowest BCUT2D eigenvalue weighted by molar-refractivity contribution is -0.146. The van der Waals surface area contributed by atoms with E-state index in [1.165, 1.54) is 5.56 Å². The quantitative estimate of drug-likeness (QED) is 0.609. The third-order valence-electron chi connectivity index (χ3n) is 2.77. The van der Waals surface area contributed by atoms with Crippen molar-refractivity contribution < 1.29 is 19.8 Å². The fraction of sp³-hybridized carbons (Fsp3) is 0.429. The molecule has 6 heteroatoms. The Morgan fingerprint density at radius 3 is 2.45 bits per heavy atom. The summed E-state index contributed by atoms with van der Waals surface area (Å²) < 4.78 is 0. The Balaban J connectivity index is 2.40. The molecule has 0 aliphatic rings. The highest BCUT2D eigenvalue weighted by atomic mass is 16.4. The van der Waals surface area contributed by atoms with E-state index in [4.69, 9.17) is 10.2 Å². The van der Waals surface area contributed by atoms with Crippen molar-refractivity contribution in [3.8, 4) is 0 Å². The van der Waals surface area contributed by atoms with Gasteiger partial charge in [0.15, 0.2) is 6.10 Å². The summed E-state index contributed by atoms with van der Waals surface area (Å²) >= 11 is 0. The van der Waals surface area contributed by atoms with Crippen molar-refractivity contribution in [2.24, 2.45) is 0 Å². The summed E-state index contributed by atoms with van der Waals surface area (Å²) in [7, 11) is 0. The van der Waals surface area contributed by atoms with E-state index in [9.17, 15) is 9.59 Å². The number of rotatable bonds is 7. The Kier molecular flexibility index (Phi) is 6.52. The monoisotopic (exact) mass is 280 g/mol. The van der Waals surface area contributed by atoms with Crippen LogP contribution in [0.2, 0.25) is 0 Å². The number of carbonyl (C=O) groups is 2. The number of carboxylic acid groups (broad SMARTS) is 1. The molecule has 0 aliphatic heterocycles. The molecule has 6 nitrogen and oxygen atoms in total. The van der Waals surface area contributed by atoms with Crippen LogP contribution in [0.1, 0.15) is 25.3 Å². The number of aryl methyl sites for hydroxylation is 1. The number of carbonyl (C=O) groups excluding carboxylic acids is 1. The molecule has 0 aliphatic carbocycles. The summed E-state index contributed by atoms with van der Waals surface area (Å²) in [6.45, 7) is 1.79. The third kappa shape index (κ3) is 5.71. The number of aliphatic hydroxyl groups excluding tert-OH is 1. The average Bonchev–Trinajstić information content (AvgIpc) is 2.44. The molecular formula is C14H20N2O4. The lowest BCUT2D eigenvalue weighted by Gasteiger charge is -2.10. The molecule has 0 fully saturated rings. The maximum atomic E-state index is 11.5. The normalized spacial score (nSPS) is 11.7. The second-order valence-electron chi connectivity index (χ2n) is 4.49. The fourth-order valence-electron chi connectivity index (χ4n) is 1.59. The maximum Gasteiger partial charge on any atom is 0.334 e. The van der Waals surface area contributed by atoms with Crippen molar-refractivity contribution >= 4 is 17.7 Å². The summed E-state index contributed by atoms with van der Waals surface area (Å²) in [5.41, 5.74) is 1.83. The van der Waals surface area contributed by atoms with Crippen molar-refractivity contribution in [1.29, 1.82) is 0 Å². The van der Waals surface area contributed by atoms with Gasteiger partial charge < -0.3 is 20.8 Å². The Bertz CT molecular complexity index is 445. The van der Waals surface area contributed by atoms with E-state index in [1.54, 1.807) is 12.1 Å². The number of carboxylic acids is 1. The van der Waals surface area contributed by atoms with Gasteiger partial charge in [0.1, 0.15) is 0 Å². The van der Waals surface area contributed by atoms with Crippen LogP contribution in [-0.2, 0) is 11.2 Å². The topological polar surface area (TPSA) is 98.7 Å². The molecule has 0 saturated carbocycles. The maximum absolute atomic E-state index is 11.5. The van der Waals surface area contributed by atoms with Crippen LogP contribution >= 0.6 is 0 Å². The zero-order valence-electron chi connectivity index (χ0n) is 11.4. The van der Waals surface area contributed by atoms with Crippen molar-refractivity contribution in [3.05, 3.63) is 29.8 Å². The summed E-state index contributed by atoms with van der Waals surface area (Å²) in [5.74, 6) is -1.37. The summed E-state index contributed by atoms with van der Waals surface area (Å²) in [4.78, 5) is 21.8. The first-order valence-corrected chi connectivity index (χ1v) is 6.57. The van der Waals surface area contributed by atoms with Crippen LogP contribution < -0.4 is 10.6 Å². The largest absolute Gasteiger partial charge is 0.479 e. The molecule has 0 unspecified atom stereocenters. The SMILES string of the molecule is CCCCc1ccc(NC(=O)NC[C@H](O)C(=O)O)cc1. The molecule has 2 amide bonds. The van der Waals surface area contributed by atoms with E-state index in [0.717, 1.165) is 19.3 Å². The minimum absolute atomic E-state index is 0.338. The number of hydrogen-bond acceptors (Lipinski definition) is 3. The Labute approximate surface area is 117 Å². The minimum Gasteiger partial charge on any atom is -0.479 e. The molecule has 1 rings (SSSR count). The standard InChI is InChI=1S/C14H20N2O4/c1-2-3-4-10-5-7-11(8-6-10)16-14(20)15-9-12(17)13(18)19/h5-8,12,17H,2-4,9H2,1H3,(H,18,19)(H2,15,16,20)/t12-/m0/s1. The van der Waals surface area contributed by atoms with E-state index in [2.05, 4.69) is 17.6 Å². The van der Waals surface area contributed by atoms with Gasteiger partial charge in [-0.1, -0.05) is 25.5 Å². The van der Waals surface area contributed by atoms with Gasteiger partial charge in [0.25, 0.3) is 0 Å². The van der Waals surface area contributed by atoms with Crippen LogP contribution in [0.5, 0.6) is 0 Å². The number of amides is 2. The Morgan fingerprint density at radius 1 is 1.25 bits per heavy atom. The number of benzene rings is 1. The van der Waals surface area contributed by atoms with E-state index >= 15 is 0 Å². The van der Waals surface area contributed by atoms with Crippen molar-refractivity contribution in [3.63, 3.8) is 0 Å². The van der Waals surface area contributed by atoms with Gasteiger partial charge in [-0.3, -0.25) is 0 Å². The third-order valence-corrected chi connectivity index (χ3v) is 2.77. The first-order chi connectivity index (χ1) is 9.52. The molecule has 20 heavy (non-hydrogen) atoms. The molecule has 0 saturated heterocycles. The summed E-state index contributed by atoms with van der Waals surface area (Å²) in [6, 6.07) is 6.91. The zero-order valence-corrected chi connectivity index (χ0v) is 11.4. The predicted octanol–water partition coefficient (Wildman–Crippen LogP) is 1.60. The number of nitrogens with one attached hydrogen (secondary N) is 2. The average molecular weight is 280 g/mol. The molecular weight excluding hydrogens is 260 g/mol. The Hall–Kier alpha value is -2.08. The van der Waals surface area contributed by atoms with Crippen LogP contribution in [-0.4, -0.2) is 34.9 Å².